The van der Waals surface area contributed by atoms with E-state index in [1.165, 1.54) is 21.5 Å². The second-order valence-electron chi connectivity index (χ2n) is 12.3. The van der Waals surface area contributed by atoms with Gasteiger partial charge in [-0.25, -0.2) is 15.0 Å². The Balaban J connectivity index is 1.38. The number of fused-ring (bicyclic) bond motifs is 6. The summed E-state index contributed by atoms with van der Waals surface area (Å²) in [6.45, 7) is 0. The molecule has 0 unspecified atom stereocenters. The molecule has 0 saturated carbocycles. The maximum absolute atomic E-state index is 5.28. The van der Waals surface area contributed by atoms with Gasteiger partial charge in [0, 0.05) is 32.7 Å². The summed E-state index contributed by atoms with van der Waals surface area (Å²) in [5.74, 6) is 1.77. The zero-order valence-corrected chi connectivity index (χ0v) is 26.8. The third-order valence-corrected chi connectivity index (χ3v) is 9.47. The number of aromatic nitrogens is 6. The van der Waals surface area contributed by atoms with Crippen molar-refractivity contribution in [2.45, 2.75) is 0 Å². The van der Waals surface area contributed by atoms with Crippen molar-refractivity contribution in [3.05, 3.63) is 170 Å². The smallest absolute Gasteiger partial charge is 0.168 e. The average molecular weight is 641 g/mol. The number of rotatable bonds is 5. The molecule has 6 aromatic carbocycles. The molecule has 10 rings (SSSR count). The molecule has 4 heterocycles. The summed E-state index contributed by atoms with van der Waals surface area (Å²) in [7, 11) is 0. The van der Waals surface area contributed by atoms with Crippen LogP contribution in [0.25, 0.3) is 89.2 Å². The van der Waals surface area contributed by atoms with E-state index in [-0.39, 0.29) is 0 Å². The number of nitrogens with zero attached hydrogens (tertiary/aromatic N) is 6. The molecular formula is C44H28N6. The van der Waals surface area contributed by atoms with Crippen molar-refractivity contribution in [1.82, 2.24) is 29.1 Å². The van der Waals surface area contributed by atoms with Gasteiger partial charge >= 0.3 is 0 Å². The lowest BCUT2D eigenvalue weighted by Crippen LogP contribution is -2.08. The molecule has 0 aliphatic rings. The Kier molecular flexibility index (Phi) is 6.39. The van der Waals surface area contributed by atoms with E-state index in [9.17, 15) is 0 Å². The fraction of sp³-hybridized carbons (Fsp3) is 0. The molecule has 4 aromatic heterocycles. The van der Waals surface area contributed by atoms with Crippen molar-refractivity contribution in [2.24, 2.45) is 0 Å². The Morgan fingerprint density at radius 1 is 0.320 bits per heavy atom. The molecule has 10 aromatic rings. The number of benzene rings is 6. The molecule has 0 aliphatic carbocycles. The van der Waals surface area contributed by atoms with Gasteiger partial charge in [0.05, 0.1) is 51.4 Å². The van der Waals surface area contributed by atoms with Crippen molar-refractivity contribution in [3.63, 3.8) is 0 Å². The van der Waals surface area contributed by atoms with Crippen LogP contribution >= 0.6 is 0 Å². The molecule has 0 N–H and O–H groups in total. The molecule has 0 spiro atoms. The summed E-state index contributed by atoms with van der Waals surface area (Å²) in [6, 6.07) is 54.4. The maximum Gasteiger partial charge on any atom is 0.168 e. The second kappa shape index (κ2) is 11.4. The SMILES string of the molecule is c1ccc(-c2nc(-c3ccccc3)nc(-c3c(-n4c5ccccc5c5ccccc54)cncc3-n3c4ccccc4c4ccccc43)n2)cc1. The predicted octanol–water partition coefficient (Wildman–Crippen LogP) is 10.5. The highest BCUT2D eigenvalue weighted by Gasteiger charge is 2.25. The number of hydrogen-bond donors (Lipinski definition) is 0. The Morgan fingerprint density at radius 2 is 0.640 bits per heavy atom. The fourth-order valence-corrected chi connectivity index (χ4v) is 7.29. The van der Waals surface area contributed by atoms with Crippen LogP contribution in [-0.2, 0) is 0 Å². The van der Waals surface area contributed by atoms with Gasteiger partial charge < -0.3 is 9.13 Å². The minimum Gasteiger partial charge on any atom is -0.307 e. The molecule has 0 fully saturated rings. The van der Waals surface area contributed by atoms with Gasteiger partial charge in [-0.3, -0.25) is 4.98 Å². The van der Waals surface area contributed by atoms with E-state index in [0.717, 1.165) is 50.1 Å². The fourth-order valence-electron chi connectivity index (χ4n) is 7.29. The highest BCUT2D eigenvalue weighted by atomic mass is 15.1. The Labute approximate surface area is 287 Å². The monoisotopic (exact) mass is 640 g/mol. The van der Waals surface area contributed by atoms with E-state index in [2.05, 4.69) is 106 Å². The molecular weight excluding hydrogens is 613 g/mol. The summed E-state index contributed by atoms with van der Waals surface area (Å²) in [6.07, 6.45) is 3.89. The van der Waals surface area contributed by atoms with Crippen LogP contribution in [-0.4, -0.2) is 29.1 Å². The molecule has 0 radical (unpaired) electrons. The first-order valence-electron chi connectivity index (χ1n) is 16.7. The first-order chi connectivity index (χ1) is 24.8. The summed E-state index contributed by atoms with van der Waals surface area (Å²) < 4.78 is 4.61. The standard InChI is InChI=1S/C44H28N6/c1-3-15-29(16-4-1)42-46-43(30-17-5-2-6-18-30)48-44(47-42)41-39(49-35-23-11-7-19-31(35)32-20-8-12-24-36(32)49)27-45-28-40(41)50-37-25-13-9-21-33(37)34-22-10-14-26-38(34)50/h1-28H. The van der Waals surface area contributed by atoms with Gasteiger partial charge in [0.25, 0.3) is 0 Å². The van der Waals surface area contributed by atoms with Gasteiger partial charge in [0.1, 0.15) is 0 Å². The highest BCUT2D eigenvalue weighted by molar-refractivity contribution is 6.11. The molecule has 234 valence electrons. The van der Waals surface area contributed by atoms with Crippen molar-refractivity contribution < 1.29 is 0 Å². The number of pyridine rings is 1. The van der Waals surface area contributed by atoms with Gasteiger partial charge in [0.2, 0.25) is 0 Å². The van der Waals surface area contributed by atoms with Crippen LogP contribution in [0.15, 0.2) is 170 Å². The van der Waals surface area contributed by atoms with E-state index in [1.807, 2.05) is 73.1 Å². The molecule has 0 saturated heterocycles. The van der Waals surface area contributed by atoms with Gasteiger partial charge in [-0.05, 0) is 24.3 Å². The summed E-state index contributed by atoms with van der Waals surface area (Å²) in [5, 5.41) is 4.67. The molecule has 50 heavy (non-hydrogen) atoms. The van der Waals surface area contributed by atoms with Crippen LogP contribution in [0.4, 0.5) is 0 Å². The molecule has 6 heteroatoms. The lowest BCUT2D eigenvalue weighted by Gasteiger charge is -2.19. The Hall–Kier alpha value is -6.92. The average Bonchev–Trinajstić information content (AvgIpc) is 3.71. The van der Waals surface area contributed by atoms with Crippen molar-refractivity contribution in [3.8, 4) is 45.5 Å². The van der Waals surface area contributed by atoms with Gasteiger partial charge in [-0.1, -0.05) is 133 Å². The molecule has 0 aliphatic heterocycles. The normalized spacial score (nSPS) is 11.6. The van der Waals surface area contributed by atoms with Crippen molar-refractivity contribution in [1.29, 1.82) is 0 Å². The summed E-state index contributed by atoms with van der Waals surface area (Å²) >= 11 is 0. The minimum absolute atomic E-state index is 0.564. The topological polar surface area (TPSA) is 61.4 Å². The predicted molar refractivity (Wildman–Crippen MR) is 203 cm³/mol. The van der Waals surface area contributed by atoms with Crippen molar-refractivity contribution >= 4 is 43.6 Å². The van der Waals surface area contributed by atoms with E-state index in [1.54, 1.807) is 0 Å². The minimum atomic E-state index is 0.564. The van der Waals surface area contributed by atoms with Crippen molar-refractivity contribution in [2.75, 3.05) is 0 Å². The first-order valence-corrected chi connectivity index (χ1v) is 16.7. The van der Waals surface area contributed by atoms with E-state index in [4.69, 9.17) is 19.9 Å². The van der Waals surface area contributed by atoms with E-state index < -0.39 is 0 Å². The second-order valence-corrected chi connectivity index (χ2v) is 12.3. The highest BCUT2D eigenvalue weighted by Crippen LogP contribution is 2.41. The Morgan fingerprint density at radius 3 is 1.02 bits per heavy atom. The lowest BCUT2D eigenvalue weighted by atomic mass is 10.1. The van der Waals surface area contributed by atoms with Gasteiger partial charge in [-0.15, -0.1) is 0 Å². The molecule has 0 bridgehead atoms. The molecule has 0 atom stereocenters. The van der Waals surface area contributed by atoms with Crippen LogP contribution in [0.1, 0.15) is 0 Å². The zero-order valence-electron chi connectivity index (χ0n) is 26.8. The van der Waals surface area contributed by atoms with Gasteiger partial charge in [0.15, 0.2) is 17.5 Å². The van der Waals surface area contributed by atoms with Gasteiger partial charge in [-0.2, -0.15) is 0 Å². The van der Waals surface area contributed by atoms with Crippen LogP contribution in [0.3, 0.4) is 0 Å². The largest absolute Gasteiger partial charge is 0.307 e. The Bertz CT molecular complexity index is 2570. The van der Waals surface area contributed by atoms with E-state index >= 15 is 0 Å². The maximum atomic E-state index is 5.28. The lowest BCUT2D eigenvalue weighted by molar-refractivity contribution is 1.04. The number of para-hydroxylation sites is 4. The van der Waals surface area contributed by atoms with Crippen LogP contribution in [0.5, 0.6) is 0 Å². The summed E-state index contributed by atoms with van der Waals surface area (Å²) in [4.78, 5) is 20.6. The quantitative estimate of drug-likeness (QED) is 0.188. The van der Waals surface area contributed by atoms with Crippen LogP contribution in [0, 0.1) is 0 Å². The third kappa shape index (κ3) is 4.36. The first kappa shape index (κ1) is 28.1. The molecule has 6 nitrogen and oxygen atoms in total. The van der Waals surface area contributed by atoms with Crippen LogP contribution < -0.4 is 0 Å². The molecule has 0 amide bonds. The van der Waals surface area contributed by atoms with E-state index in [0.29, 0.717) is 17.5 Å². The third-order valence-electron chi connectivity index (χ3n) is 9.47. The summed E-state index contributed by atoms with van der Waals surface area (Å²) in [5.41, 5.74) is 8.77. The zero-order chi connectivity index (χ0) is 33.0. The van der Waals surface area contributed by atoms with Crippen LogP contribution in [0.2, 0.25) is 0 Å². The number of hydrogen-bond acceptors (Lipinski definition) is 4.